The van der Waals surface area contributed by atoms with Crippen molar-refractivity contribution in [2.45, 2.75) is 39.0 Å². The van der Waals surface area contributed by atoms with Crippen LogP contribution in [0.2, 0.25) is 0 Å². The van der Waals surface area contributed by atoms with Crippen LogP contribution in [0.1, 0.15) is 31.9 Å². The van der Waals surface area contributed by atoms with Crippen molar-refractivity contribution in [3.05, 3.63) is 64.1 Å². The molecule has 2 amide bonds. The Kier molecular flexibility index (Phi) is 7.09. The molecule has 3 aromatic rings. The van der Waals surface area contributed by atoms with Gasteiger partial charge in [0, 0.05) is 16.6 Å². The van der Waals surface area contributed by atoms with Crippen molar-refractivity contribution < 1.29 is 19.1 Å². The maximum atomic E-state index is 13.9. The number of methoxy groups -OCH3 is 1. The molecule has 2 N–H and O–H groups in total. The van der Waals surface area contributed by atoms with Gasteiger partial charge in [0.15, 0.2) is 0 Å². The normalized spacial score (nSPS) is 15.4. The minimum Gasteiger partial charge on any atom is -0.496 e. The van der Waals surface area contributed by atoms with Crippen molar-refractivity contribution in [3.8, 4) is 11.8 Å². The molecule has 0 radical (unpaired) electrons. The van der Waals surface area contributed by atoms with E-state index in [4.69, 9.17) is 9.47 Å². The summed E-state index contributed by atoms with van der Waals surface area (Å²) >= 11 is 3.51. The summed E-state index contributed by atoms with van der Waals surface area (Å²) in [7, 11) is 1.59. The Morgan fingerprint density at radius 1 is 1.22 bits per heavy atom. The third-order valence-corrected chi connectivity index (χ3v) is 6.25. The summed E-state index contributed by atoms with van der Waals surface area (Å²) in [4.78, 5) is 28.0. The van der Waals surface area contributed by atoms with Crippen LogP contribution in [0.4, 0.5) is 16.2 Å². The molecule has 186 valence electrons. The van der Waals surface area contributed by atoms with Crippen LogP contribution < -0.4 is 20.3 Å². The maximum absolute atomic E-state index is 13.9. The highest BCUT2D eigenvalue weighted by molar-refractivity contribution is 9.10. The van der Waals surface area contributed by atoms with E-state index in [1.807, 2.05) is 30.3 Å². The van der Waals surface area contributed by atoms with Gasteiger partial charge in [0.2, 0.25) is 0 Å². The molecule has 1 aliphatic rings. The lowest BCUT2D eigenvalue weighted by Gasteiger charge is -2.28. The third-order valence-electron chi connectivity index (χ3n) is 5.75. The lowest BCUT2D eigenvalue weighted by Crippen LogP contribution is -2.51. The molecule has 1 heterocycles. The average Bonchev–Trinajstić information content (AvgIpc) is 2.94. The maximum Gasteiger partial charge on any atom is 0.408 e. The Morgan fingerprint density at radius 3 is 2.69 bits per heavy atom. The average molecular weight is 551 g/mol. The van der Waals surface area contributed by atoms with Gasteiger partial charge in [0.1, 0.15) is 17.4 Å². The Labute approximate surface area is 218 Å². The number of benzene rings is 3. The SMILES string of the molecule is COc1ccc2cc(Br)ccc2c1CN1C(=O)C(NC(=O)OC(C)(C)C)CNc2cc(C#N)ccc21. The number of rotatable bonds is 4. The minimum atomic E-state index is -0.895. The first-order chi connectivity index (χ1) is 17.1. The summed E-state index contributed by atoms with van der Waals surface area (Å²) in [6.45, 7) is 5.60. The van der Waals surface area contributed by atoms with Crippen molar-refractivity contribution in [2.24, 2.45) is 0 Å². The van der Waals surface area contributed by atoms with Gasteiger partial charge in [-0.2, -0.15) is 5.26 Å². The topological polar surface area (TPSA) is 104 Å². The second kappa shape index (κ2) is 10.1. The summed E-state index contributed by atoms with van der Waals surface area (Å²) in [5.41, 5.74) is 1.80. The van der Waals surface area contributed by atoms with E-state index in [0.717, 1.165) is 20.8 Å². The number of nitrogens with one attached hydrogen (secondary N) is 2. The molecule has 9 heteroatoms. The van der Waals surface area contributed by atoms with Gasteiger partial charge >= 0.3 is 6.09 Å². The number of carbonyl (C=O) groups is 2. The number of fused-ring (bicyclic) bond motifs is 2. The van der Waals surface area contributed by atoms with Gasteiger partial charge in [-0.3, -0.25) is 4.79 Å². The Balaban J connectivity index is 1.78. The van der Waals surface area contributed by atoms with Crippen molar-refractivity contribution >= 4 is 50.1 Å². The summed E-state index contributed by atoms with van der Waals surface area (Å²) in [5.74, 6) is 0.328. The summed E-state index contributed by atoms with van der Waals surface area (Å²) < 4.78 is 12.0. The number of hydrogen-bond acceptors (Lipinski definition) is 6. The molecule has 1 aliphatic heterocycles. The Bertz CT molecular complexity index is 1380. The summed E-state index contributed by atoms with van der Waals surface area (Å²) in [6.07, 6.45) is -0.682. The van der Waals surface area contributed by atoms with Crippen molar-refractivity contribution in [1.29, 1.82) is 5.26 Å². The summed E-state index contributed by atoms with van der Waals surface area (Å²) in [6, 6.07) is 16.1. The zero-order valence-corrected chi connectivity index (χ0v) is 22.1. The molecular weight excluding hydrogens is 524 g/mol. The van der Waals surface area contributed by atoms with Gasteiger partial charge < -0.3 is 25.0 Å². The molecule has 3 aromatic carbocycles. The molecular formula is C27H27BrN4O4. The molecule has 0 bridgehead atoms. The van der Waals surface area contributed by atoms with Crippen LogP contribution in [0.15, 0.2) is 53.0 Å². The minimum absolute atomic E-state index is 0.135. The standard InChI is InChI=1S/C27H27BrN4O4/c1-27(2,3)36-26(34)31-22-14-30-21-11-16(13-29)5-9-23(21)32(25(22)33)15-20-19-8-7-18(28)12-17(19)6-10-24(20)35-4/h5-12,22,30H,14-15H2,1-4H3,(H,31,34). The number of nitrogens with zero attached hydrogens (tertiary/aromatic N) is 2. The number of halogens is 1. The Hall–Kier alpha value is -3.77. The number of carbonyl (C=O) groups excluding carboxylic acids is 2. The second-order valence-corrected chi connectivity index (χ2v) is 10.4. The van der Waals surface area contributed by atoms with Crippen LogP contribution in [-0.4, -0.2) is 37.3 Å². The predicted octanol–water partition coefficient (Wildman–Crippen LogP) is 5.33. The van der Waals surface area contributed by atoms with Gasteiger partial charge in [-0.05, 0) is 67.9 Å². The number of ether oxygens (including phenoxy) is 2. The number of anilines is 2. The lowest BCUT2D eigenvalue weighted by molar-refractivity contribution is -0.120. The lowest BCUT2D eigenvalue weighted by atomic mass is 10.0. The molecule has 8 nitrogen and oxygen atoms in total. The van der Waals surface area contributed by atoms with Crippen molar-refractivity contribution in [3.63, 3.8) is 0 Å². The highest BCUT2D eigenvalue weighted by atomic mass is 79.9. The quantitative estimate of drug-likeness (QED) is 0.454. The van der Waals surface area contributed by atoms with Gasteiger partial charge in [-0.25, -0.2) is 4.79 Å². The van der Waals surface area contributed by atoms with E-state index in [1.54, 1.807) is 51.0 Å². The number of amides is 2. The van der Waals surface area contributed by atoms with Crippen molar-refractivity contribution in [1.82, 2.24) is 5.32 Å². The molecule has 0 aromatic heterocycles. The number of hydrogen-bond donors (Lipinski definition) is 2. The molecule has 0 aliphatic carbocycles. The van der Waals surface area contributed by atoms with Gasteiger partial charge in [-0.15, -0.1) is 0 Å². The van der Waals surface area contributed by atoms with E-state index >= 15 is 0 Å². The highest BCUT2D eigenvalue weighted by Crippen LogP contribution is 2.36. The first kappa shape index (κ1) is 25.3. The Morgan fingerprint density at radius 2 is 2.00 bits per heavy atom. The third kappa shape index (κ3) is 5.39. The van der Waals surface area contributed by atoms with Crippen LogP contribution in [0.3, 0.4) is 0 Å². The van der Waals surface area contributed by atoms with Crippen LogP contribution in [0.25, 0.3) is 10.8 Å². The fourth-order valence-corrected chi connectivity index (χ4v) is 4.55. The van der Waals surface area contributed by atoms with E-state index in [-0.39, 0.29) is 19.0 Å². The van der Waals surface area contributed by atoms with Crippen LogP contribution in [0, 0.1) is 11.3 Å². The second-order valence-electron chi connectivity index (χ2n) is 9.46. The number of alkyl carbamates (subject to hydrolysis) is 1. The van der Waals surface area contributed by atoms with E-state index in [0.29, 0.717) is 22.7 Å². The smallest absolute Gasteiger partial charge is 0.408 e. The summed E-state index contributed by atoms with van der Waals surface area (Å²) in [5, 5.41) is 17.2. The molecule has 4 rings (SSSR count). The van der Waals surface area contributed by atoms with Gasteiger partial charge in [0.25, 0.3) is 5.91 Å². The van der Waals surface area contributed by atoms with E-state index < -0.39 is 17.7 Å². The van der Waals surface area contributed by atoms with E-state index in [1.165, 1.54) is 0 Å². The highest BCUT2D eigenvalue weighted by Gasteiger charge is 2.33. The molecule has 1 atom stereocenters. The van der Waals surface area contributed by atoms with Gasteiger partial charge in [-0.1, -0.05) is 28.1 Å². The van der Waals surface area contributed by atoms with Crippen molar-refractivity contribution in [2.75, 3.05) is 23.9 Å². The molecule has 0 saturated heterocycles. The molecule has 1 unspecified atom stereocenters. The molecule has 0 saturated carbocycles. The first-order valence-electron chi connectivity index (χ1n) is 11.4. The van der Waals surface area contributed by atoms with Crippen LogP contribution in [-0.2, 0) is 16.1 Å². The molecule has 36 heavy (non-hydrogen) atoms. The zero-order valence-electron chi connectivity index (χ0n) is 20.5. The first-order valence-corrected chi connectivity index (χ1v) is 12.2. The van der Waals surface area contributed by atoms with Crippen LogP contribution >= 0.6 is 15.9 Å². The molecule has 0 fully saturated rings. The van der Waals surface area contributed by atoms with Crippen LogP contribution in [0.5, 0.6) is 5.75 Å². The predicted molar refractivity (Wildman–Crippen MR) is 142 cm³/mol. The fraction of sp³-hybridized carbons (Fsp3) is 0.296. The number of nitriles is 1. The largest absolute Gasteiger partial charge is 0.496 e. The fourth-order valence-electron chi connectivity index (χ4n) is 4.17. The van der Waals surface area contributed by atoms with E-state index in [9.17, 15) is 14.9 Å². The van der Waals surface area contributed by atoms with E-state index in [2.05, 4.69) is 32.6 Å². The van der Waals surface area contributed by atoms with Gasteiger partial charge in [0.05, 0.1) is 36.7 Å². The zero-order chi connectivity index (χ0) is 26.0. The molecule has 0 spiro atoms. The monoisotopic (exact) mass is 550 g/mol.